The van der Waals surface area contributed by atoms with Crippen molar-refractivity contribution < 1.29 is 22.3 Å². The van der Waals surface area contributed by atoms with Crippen LogP contribution < -0.4 is 4.74 Å². The molecule has 0 saturated carbocycles. The Morgan fingerprint density at radius 3 is 2.25 bits per heavy atom. The molecule has 0 unspecified atom stereocenters. The smallest absolute Gasteiger partial charge is 0.416 e. The summed E-state index contributed by atoms with van der Waals surface area (Å²) < 4.78 is 54.1. The summed E-state index contributed by atoms with van der Waals surface area (Å²) in [6.45, 7) is 1.23. The third-order valence-electron chi connectivity index (χ3n) is 1.87. The lowest BCUT2D eigenvalue weighted by Gasteiger charge is -2.08. The first-order chi connectivity index (χ1) is 7.43. The molecule has 0 spiro atoms. The highest BCUT2D eigenvalue weighted by Crippen LogP contribution is 2.30. The van der Waals surface area contributed by atoms with E-state index in [1.165, 1.54) is 13.0 Å². The van der Waals surface area contributed by atoms with E-state index in [2.05, 4.69) is 0 Å². The average Bonchev–Trinajstić information content (AvgIpc) is 2.25. The summed E-state index contributed by atoms with van der Waals surface area (Å²) >= 11 is 0. The van der Waals surface area contributed by atoms with Gasteiger partial charge in [0.2, 0.25) is 0 Å². The summed E-state index contributed by atoms with van der Waals surface area (Å²) in [5.74, 6) is -0.273. The third-order valence-corrected chi connectivity index (χ3v) is 1.87. The zero-order valence-corrected chi connectivity index (χ0v) is 8.51. The number of halogens is 4. The van der Waals surface area contributed by atoms with Crippen molar-refractivity contribution in [3.05, 3.63) is 41.7 Å². The fourth-order valence-corrected chi connectivity index (χ4v) is 0.976. The first-order valence-electron chi connectivity index (χ1n) is 4.54. The number of benzene rings is 1. The van der Waals surface area contributed by atoms with Gasteiger partial charge in [-0.25, -0.2) is 4.39 Å². The molecule has 0 radical (unpaired) electrons. The quantitative estimate of drug-likeness (QED) is 0.719. The molecule has 0 atom stereocenters. The monoisotopic (exact) mass is 234 g/mol. The summed E-state index contributed by atoms with van der Waals surface area (Å²) in [4.78, 5) is 0. The van der Waals surface area contributed by atoms with Gasteiger partial charge in [-0.2, -0.15) is 13.2 Å². The molecule has 0 fully saturated rings. The molecular weight excluding hydrogens is 224 g/mol. The maximum Gasteiger partial charge on any atom is 0.416 e. The molecule has 0 aliphatic carbocycles. The van der Waals surface area contributed by atoms with Crippen LogP contribution in [0.1, 0.15) is 12.5 Å². The van der Waals surface area contributed by atoms with E-state index in [1.807, 2.05) is 0 Å². The number of ether oxygens (including phenoxy) is 1. The molecule has 1 rings (SSSR count). The molecule has 88 valence electrons. The molecule has 0 heterocycles. The summed E-state index contributed by atoms with van der Waals surface area (Å²) in [5.41, 5.74) is -0.758. The molecule has 1 nitrogen and oxygen atoms in total. The minimum absolute atomic E-state index is 0.199. The molecule has 1 aromatic rings. The van der Waals surface area contributed by atoms with Crippen LogP contribution in [0, 0.1) is 0 Å². The number of alkyl halides is 3. The SMILES string of the molecule is C/C=C(\F)COc1ccc(C(F)(F)F)cc1. The van der Waals surface area contributed by atoms with E-state index in [0.717, 1.165) is 24.3 Å². The van der Waals surface area contributed by atoms with Crippen LogP contribution in [0.3, 0.4) is 0 Å². The number of rotatable bonds is 3. The van der Waals surface area contributed by atoms with E-state index < -0.39 is 17.6 Å². The maximum absolute atomic E-state index is 12.6. The van der Waals surface area contributed by atoms with Crippen LogP contribution in [-0.4, -0.2) is 6.61 Å². The molecule has 1 aromatic carbocycles. The molecule has 0 amide bonds. The zero-order chi connectivity index (χ0) is 12.2. The lowest BCUT2D eigenvalue weighted by Crippen LogP contribution is -2.04. The van der Waals surface area contributed by atoms with Crippen LogP contribution in [-0.2, 0) is 6.18 Å². The molecule has 5 heteroatoms. The van der Waals surface area contributed by atoms with Gasteiger partial charge in [0.25, 0.3) is 0 Å². The summed E-state index contributed by atoms with van der Waals surface area (Å²) in [5, 5.41) is 0. The summed E-state index contributed by atoms with van der Waals surface area (Å²) in [6, 6.07) is 4.10. The first kappa shape index (κ1) is 12.5. The van der Waals surface area contributed by atoms with Crippen LogP contribution in [0.5, 0.6) is 5.75 Å². The number of allylic oxidation sites excluding steroid dienone is 1. The molecule has 0 bridgehead atoms. The lowest BCUT2D eigenvalue weighted by molar-refractivity contribution is -0.137. The molecule has 0 aliphatic rings. The van der Waals surface area contributed by atoms with Crippen molar-refractivity contribution in [1.82, 2.24) is 0 Å². The van der Waals surface area contributed by atoms with Gasteiger partial charge >= 0.3 is 6.18 Å². The fourth-order valence-electron chi connectivity index (χ4n) is 0.976. The van der Waals surface area contributed by atoms with Crippen molar-refractivity contribution in [1.29, 1.82) is 0 Å². The van der Waals surface area contributed by atoms with Crippen LogP contribution in [0.15, 0.2) is 36.2 Å². The van der Waals surface area contributed by atoms with Crippen molar-refractivity contribution in [2.75, 3.05) is 6.61 Å². The largest absolute Gasteiger partial charge is 0.487 e. The molecule has 0 saturated heterocycles. The van der Waals surface area contributed by atoms with Crippen LogP contribution in [0.4, 0.5) is 17.6 Å². The van der Waals surface area contributed by atoms with Gasteiger partial charge in [0.15, 0.2) is 0 Å². The number of hydrogen-bond acceptors (Lipinski definition) is 1. The highest BCUT2D eigenvalue weighted by molar-refractivity contribution is 5.29. The average molecular weight is 234 g/mol. The summed E-state index contributed by atoms with van der Waals surface area (Å²) in [7, 11) is 0. The van der Waals surface area contributed by atoms with Gasteiger partial charge in [-0.3, -0.25) is 0 Å². The molecule has 16 heavy (non-hydrogen) atoms. The van der Waals surface area contributed by atoms with Gasteiger partial charge in [0, 0.05) is 0 Å². The summed E-state index contributed by atoms with van der Waals surface area (Å²) in [6.07, 6.45) is -3.14. The molecule has 0 aromatic heterocycles. The van der Waals surface area contributed by atoms with Crippen LogP contribution >= 0.6 is 0 Å². The Morgan fingerprint density at radius 2 is 1.81 bits per heavy atom. The van der Waals surface area contributed by atoms with E-state index in [4.69, 9.17) is 4.74 Å². The highest BCUT2D eigenvalue weighted by atomic mass is 19.4. The highest BCUT2D eigenvalue weighted by Gasteiger charge is 2.29. The van der Waals surface area contributed by atoms with Crippen LogP contribution in [0.2, 0.25) is 0 Å². The maximum atomic E-state index is 12.6. The fraction of sp³-hybridized carbons (Fsp3) is 0.273. The van der Waals surface area contributed by atoms with E-state index in [0.29, 0.717) is 0 Å². The number of hydrogen-bond donors (Lipinski definition) is 0. The minimum Gasteiger partial charge on any atom is -0.487 e. The van der Waals surface area contributed by atoms with Crippen molar-refractivity contribution >= 4 is 0 Å². The van der Waals surface area contributed by atoms with E-state index >= 15 is 0 Å². The second-order valence-corrected chi connectivity index (χ2v) is 3.05. The Bertz CT molecular complexity index is 365. The van der Waals surface area contributed by atoms with Gasteiger partial charge in [-0.05, 0) is 31.2 Å². The molecule has 0 N–H and O–H groups in total. The Morgan fingerprint density at radius 1 is 1.25 bits per heavy atom. The Labute approximate surface area is 90.3 Å². The molecular formula is C11H10F4O. The van der Waals surface area contributed by atoms with E-state index in [-0.39, 0.29) is 12.4 Å². The zero-order valence-electron chi connectivity index (χ0n) is 8.51. The Balaban J connectivity index is 2.65. The first-order valence-corrected chi connectivity index (χ1v) is 4.54. The second kappa shape index (κ2) is 5.01. The Hall–Kier alpha value is -1.52. The normalized spacial score (nSPS) is 12.7. The minimum atomic E-state index is -4.37. The van der Waals surface area contributed by atoms with Crippen molar-refractivity contribution in [2.45, 2.75) is 13.1 Å². The van der Waals surface area contributed by atoms with Crippen LogP contribution in [0.25, 0.3) is 0 Å². The topological polar surface area (TPSA) is 9.23 Å². The van der Waals surface area contributed by atoms with E-state index in [1.54, 1.807) is 0 Å². The van der Waals surface area contributed by atoms with Gasteiger partial charge < -0.3 is 4.74 Å². The molecule has 0 aliphatic heterocycles. The van der Waals surface area contributed by atoms with Crippen molar-refractivity contribution in [2.24, 2.45) is 0 Å². The van der Waals surface area contributed by atoms with Crippen molar-refractivity contribution in [3.63, 3.8) is 0 Å². The predicted molar refractivity (Wildman–Crippen MR) is 51.8 cm³/mol. The van der Waals surface area contributed by atoms with Crippen molar-refractivity contribution in [3.8, 4) is 5.75 Å². The predicted octanol–water partition coefficient (Wildman–Crippen LogP) is 3.96. The van der Waals surface area contributed by atoms with Gasteiger partial charge in [0.05, 0.1) is 5.56 Å². The lowest BCUT2D eigenvalue weighted by atomic mass is 10.2. The van der Waals surface area contributed by atoms with Gasteiger partial charge in [-0.1, -0.05) is 6.08 Å². The third kappa shape index (κ3) is 3.56. The standard InChI is InChI=1S/C11H10F4O/c1-2-9(12)7-16-10-5-3-8(4-6-10)11(13,14)15/h2-6H,7H2,1H3/b9-2-. The van der Waals surface area contributed by atoms with E-state index in [9.17, 15) is 17.6 Å². The Kier molecular flexibility index (Phi) is 3.93. The second-order valence-electron chi connectivity index (χ2n) is 3.05. The van der Waals surface area contributed by atoms with Gasteiger partial charge in [-0.15, -0.1) is 0 Å². The van der Waals surface area contributed by atoms with Gasteiger partial charge in [0.1, 0.15) is 18.2 Å².